The molecule has 1 saturated heterocycles. The Balaban J connectivity index is 1.56. The molecule has 1 aliphatic rings. The van der Waals surface area contributed by atoms with E-state index in [0.717, 1.165) is 24.0 Å². The van der Waals surface area contributed by atoms with Gasteiger partial charge in [-0.15, -0.1) is 0 Å². The number of benzene rings is 3. The van der Waals surface area contributed by atoms with Crippen LogP contribution >= 0.6 is 0 Å². The van der Waals surface area contributed by atoms with Crippen LogP contribution in [-0.2, 0) is 4.74 Å². The van der Waals surface area contributed by atoms with Crippen molar-refractivity contribution in [1.29, 1.82) is 0 Å². The number of carbonyl (C=O) groups excluding carboxylic acids is 1. The summed E-state index contributed by atoms with van der Waals surface area (Å²) in [5.41, 5.74) is 2.99. The Morgan fingerprint density at radius 3 is 1.63 bits per heavy atom. The molecule has 0 aromatic heterocycles. The van der Waals surface area contributed by atoms with E-state index >= 15 is 0 Å². The number of hydrogen-bond acceptors (Lipinski definition) is 2. The van der Waals surface area contributed by atoms with Crippen LogP contribution in [0.2, 0.25) is 0 Å². The molecule has 3 nitrogen and oxygen atoms in total. The highest BCUT2D eigenvalue weighted by Gasteiger charge is 2.32. The first-order valence-corrected chi connectivity index (χ1v) is 9.41. The third-order valence-corrected chi connectivity index (χ3v) is 5.04. The van der Waals surface area contributed by atoms with Gasteiger partial charge in [-0.1, -0.05) is 78.9 Å². The van der Waals surface area contributed by atoms with Crippen molar-refractivity contribution in [2.45, 2.75) is 31.1 Å². The molecule has 0 bridgehead atoms. The highest BCUT2D eigenvalue weighted by Crippen LogP contribution is 2.38. The second kappa shape index (κ2) is 8.19. The molecule has 1 amide bonds. The Morgan fingerprint density at radius 2 is 1.15 bits per heavy atom. The molecule has 3 heteroatoms. The van der Waals surface area contributed by atoms with Gasteiger partial charge in [0.15, 0.2) is 0 Å². The molecule has 1 heterocycles. The van der Waals surface area contributed by atoms with Gasteiger partial charge < -0.3 is 10.1 Å². The summed E-state index contributed by atoms with van der Waals surface area (Å²) in [6.45, 7) is 0. The topological polar surface area (TPSA) is 38.3 Å². The number of nitrogens with one attached hydrogen (secondary N) is 1. The van der Waals surface area contributed by atoms with E-state index in [1.807, 2.05) is 66.7 Å². The summed E-state index contributed by atoms with van der Waals surface area (Å²) in [5, 5.41) is 3.22. The fourth-order valence-corrected chi connectivity index (χ4v) is 3.66. The fourth-order valence-electron chi connectivity index (χ4n) is 3.66. The molecule has 1 N–H and O–H groups in total. The first kappa shape index (κ1) is 17.5. The Bertz CT molecular complexity index is 817. The van der Waals surface area contributed by atoms with Gasteiger partial charge in [-0.05, 0) is 36.1 Å². The molecule has 136 valence electrons. The molecule has 1 fully saturated rings. The van der Waals surface area contributed by atoms with Crippen LogP contribution in [0.15, 0.2) is 91.0 Å². The Morgan fingerprint density at radius 1 is 0.704 bits per heavy atom. The largest absolute Gasteiger partial charge is 0.365 e. The molecule has 0 spiro atoms. The maximum atomic E-state index is 12.6. The monoisotopic (exact) mass is 357 g/mol. The van der Waals surface area contributed by atoms with Crippen molar-refractivity contribution in [3.63, 3.8) is 0 Å². The van der Waals surface area contributed by atoms with Gasteiger partial charge in [-0.25, -0.2) is 0 Å². The minimum absolute atomic E-state index is 0.0267. The third-order valence-electron chi connectivity index (χ3n) is 5.04. The van der Waals surface area contributed by atoms with Gasteiger partial charge in [-0.3, -0.25) is 4.79 Å². The lowest BCUT2D eigenvalue weighted by atomic mass is 9.91. The van der Waals surface area contributed by atoms with Crippen LogP contribution in [0.4, 0.5) is 0 Å². The summed E-state index contributed by atoms with van der Waals surface area (Å²) in [6.07, 6.45) is 1.47. The van der Waals surface area contributed by atoms with Crippen LogP contribution in [0.25, 0.3) is 0 Å². The van der Waals surface area contributed by atoms with Crippen molar-refractivity contribution in [3.8, 4) is 0 Å². The standard InChI is InChI=1S/C24H23NO2/c26-24(20-14-8-3-9-15-20)25-21-16-22(18-10-4-1-5-11-18)27-23(17-21)19-12-6-2-7-13-19/h1-15,21-23H,16-17H2,(H,25,26)/t21?,22-,23+. The minimum Gasteiger partial charge on any atom is -0.365 e. The zero-order chi connectivity index (χ0) is 18.5. The third kappa shape index (κ3) is 4.26. The van der Waals surface area contributed by atoms with Crippen LogP contribution in [0.3, 0.4) is 0 Å². The zero-order valence-corrected chi connectivity index (χ0v) is 15.1. The average molecular weight is 357 g/mol. The minimum atomic E-state index is -0.0359. The molecule has 0 saturated carbocycles. The molecule has 0 radical (unpaired) electrons. The Kier molecular flexibility index (Phi) is 5.31. The molecule has 4 rings (SSSR count). The summed E-state index contributed by atoms with van der Waals surface area (Å²) >= 11 is 0. The molecular formula is C24H23NO2. The van der Waals surface area contributed by atoms with Crippen molar-refractivity contribution in [3.05, 3.63) is 108 Å². The Hall–Kier alpha value is -2.91. The van der Waals surface area contributed by atoms with Crippen LogP contribution in [0, 0.1) is 0 Å². The fraction of sp³-hybridized carbons (Fsp3) is 0.208. The summed E-state index contributed by atoms with van der Waals surface area (Å²) < 4.78 is 6.42. The van der Waals surface area contributed by atoms with Crippen LogP contribution in [0.1, 0.15) is 46.5 Å². The van der Waals surface area contributed by atoms with Gasteiger partial charge in [0.2, 0.25) is 0 Å². The number of hydrogen-bond donors (Lipinski definition) is 1. The van der Waals surface area contributed by atoms with Crippen molar-refractivity contribution >= 4 is 5.91 Å². The van der Waals surface area contributed by atoms with Crippen molar-refractivity contribution in [2.24, 2.45) is 0 Å². The maximum Gasteiger partial charge on any atom is 0.251 e. The predicted octanol–water partition coefficient (Wildman–Crippen LogP) is 5.08. The number of rotatable bonds is 4. The molecule has 27 heavy (non-hydrogen) atoms. The first-order valence-electron chi connectivity index (χ1n) is 9.41. The SMILES string of the molecule is O=C(NC1C[C@@H](c2ccccc2)O[C@@H](c2ccccc2)C1)c1ccccc1. The van der Waals surface area contributed by atoms with Crippen LogP contribution in [-0.4, -0.2) is 11.9 Å². The van der Waals surface area contributed by atoms with E-state index in [1.165, 1.54) is 0 Å². The number of ether oxygens (including phenoxy) is 1. The van der Waals surface area contributed by atoms with E-state index < -0.39 is 0 Å². The maximum absolute atomic E-state index is 12.6. The summed E-state index contributed by atoms with van der Waals surface area (Å²) in [6, 6.07) is 29.9. The van der Waals surface area contributed by atoms with Crippen molar-refractivity contribution in [2.75, 3.05) is 0 Å². The average Bonchev–Trinajstić information content (AvgIpc) is 2.75. The second-order valence-electron chi connectivity index (χ2n) is 6.94. The van der Waals surface area contributed by atoms with E-state index in [9.17, 15) is 4.79 Å². The lowest BCUT2D eigenvalue weighted by Gasteiger charge is -2.36. The van der Waals surface area contributed by atoms with E-state index in [0.29, 0.717) is 5.56 Å². The van der Waals surface area contributed by atoms with E-state index in [4.69, 9.17) is 4.74 Å². The summed E-state index contributed by atoms with van der Waals surface area (Å²) in [7, 11) is 0. The van der Waals surface area contributed by atoms with Crippen LogP contribution in [0.5, 0.6) is 0 Å². The predicted molar refractivity (Wildman–Crippen MR) is 106 cm³/mol. The molecule has 3 aromatic rings. The lowest BCUT2D eigenvalue weighted by Crippen LogP contribution is -2.40. The highest BCUT2D eigenvalue weighted by atomic mass is 16.5. The van der Waals surface area contributed by atoms with Gasteiger partial charge in [0, 0.05) is 11.6 Å². The molecule has 3 aromatic carbocycles. The zero-order valence-electron chi connectivity index (χ0n) is 15.1. The number of carbonyl (C=O) groups is 1. The van der Waals surface area contributed by atoms with E-state index in [2.05, 4.69) is 29.6 Å². The van der Waals surface area contributed by atoms with Crippen molar-refractivity contribution in [1.82, 2.24) is 5.32 Å². The Labute approximate surface area is 160 Å². The molecule has 3 atom stereocenters. The number of amides is 1. The van der Waals surface area contributed by atoms with Crippen LogP contribution < -0.4 is 5.32 Å². The van der Waals surface area contributed by atoms with Gasteiger partial charge in [0.25, 0.3) is 5.91 Å². The quantitative estimate of drug-likeness (QED) is 0.707. The highest BCUT2D eigenvalue weighted by molar-refractivity contribution is 5.94. The molecular weight excluding hydrogens is 334 g/mol. The lowest BCUT2D eigenvalue weighted by molar-refractivity contribution is -0.0643. The first-order chi connectivity index (χ1) is 13.3. The van der Waals surface area contributed by atoms with Crippen molar-refractivity contribution < 1.29 is 9.53 Å². The summed E-state index contributed by atoms with van der Waals surface area (Å²) in [4.78, 5) is 12.6. The van der Waals surface area contributed by atoms with E-state index in [-0.39, 0.29) is 24.2 Å². The molecule has 1 aliphatic heterocycles. The normalized spacial score (nSPS) is 22.1. The van der Waals surface area contributed by atoms with Gasteiger partial charge >= 0.3 is 0 Å². The second-order valence-corrected chi connectivity index (χ2v) is 6.94. The van der Waals surface area contributed by atoms with E-state index in [1.54, 1.807) is 0 Å². The molecule has 1 unspecified atom stereocenters. The van der Waals surface area contributed by atoms with Gasteiger partial charge in [0.1, 0.15) is 0 Å². The molecule has 0 aliphatic carbocycles. The smallest absolute Gasteiger partial charge is 0.251 e. The van der Waals surface area contributed by atoms with Gasteiger partial charge in [0.05, 0.1) is 12.2 Å². The summed E-state index contributed by atoms with van der Waals surface area (Å²) in [5.74, 6) is -0.0267. The van der Waals surface area contributed by atoms with Gasteiger partial charge in [-0.2, -0.15) is 0 Å².